The van der Waals surface area contributed by atoms with Gasteiger partial charge in [0, 0.05) is 18.0 Å². The molecule has 22 heavy (non-hydrogen) atoms. The van der Waals surface area contributed by atoms with E-state index in [-0.39, 0.29) is 11.2 Å². The predicted molar refractivity (Wildman–Crippen MR) is 81.7 cm³/mol. The third-order valence-electron chi connectivity index (χ3n) is 3.41. The first kappa shape index (κ1) is 14.1. The summed E-state index contributed by atoms with van der Waals surface area (Å²) in [7, 11) is 0. The molecule has 0 spiro atoms. The number of benzene rings is 1. The summed E-state index contributed by atoms with van der Waals surface area (Å²) in [6.07, 6.45) is 1.42. The van der Waals surface area contributed by atoms with Crippen molar-refractivity contribution in [2.75, 3.05) is 31.2 Å². The second-order valence-electron chi connectivity index (χ2n) is 4.72. The van der Waals surface area contributed by atoms with Gasteiger partial charge in [0.05, 0.1) is 30.8 Å². The van der Waals surface area contributed by atoms with Gasteiger partial charge in [-0.3, -0.25) is 4.79 Å². The molecule has 1 aromatic heterocycles. The lowest BCUT2D eigenvalue weighted by Gasteiger charge is -2.29. The summed E-state index contributed by atoms with van der Waals surface area (Å²) in [5.74, 6) is 0. The molecular weight excluding hydrogens is 284 g/mol. The first-order chi connectivity index (χ1) is 10.8. The standard InChI is InChI=1S/C14H14N6O2/c15-18-17-12-10-16-20(11-4-2-1-3-5-11)14(21)13(12)19-6-8-22-9-7-19/h1-5,10H,6-9H2. The number of anilines is 1. The highest BCUT2D eigenvalue weighted by atomic mass is 16.5. The Bertz CT molecular complexity index is 761. The van der Waals surface area contributed by atoms with Gasteiger partial charge in [-0.1, -0.05) is 23.3 Å². The maximum Gasteiger partial charge on any atom is 0.295 e. The highest BCUT2D eigenvalue weighted by Gasteiger charge is 2.20. The van der Waals surface area contributed by atoms with Crippen LogP contribution in [0.4, 0.5) is 11.4 Å². The Labute approximate surface area is 126 Å². The van der Waals surface area contributed by atoms with Crippen molar-refractivity contribution in [2.24, 2.45) is 5.11 Å². The van der Waals surface area contributed by atoms with E-state index >= 15 is 0 Å². The summed E-state index contributed by atoms with van der Waals surface area (Å²) in [4.78, 5) is 17.5. The van der Waals surface area contributed by atoms with E-state index in [9.17, 15) is 4.79 Å². The Kier molecular flexibility index (Phi) is 4.04. The highest BCUT2D eigenvalue weighted by Crippen LogP contribution is 2.25. The van der Waals surface area contributed by atoms with Gasteiger partial charge in [-0.25, -0.2) is 0 Å². The second-order valence-corrected chi connectivity index (χ2v) is 4.72. The number of nitrogens with zero attached hydrogens (tertiary/aromatic N) is 6. The average Bonchev–Trinajstić information content (AvgIpc) is 2.57. The van der Waals surface area contributed by atoms with E-state index in [1.54, 1.807) is 12.1 Å². The smallest absolute Gasteiger partial charge is 0.295 e. The molecule has 1 aliphatic heterocycles. The lowest BCUT2D eigenvalue weighted by atomic mass is 10.3. The molecule has 8 heteroatoms. The number of hydrogen-bond acceptors (Lipinski definition) is 5. The van der Waals surface area contributed by atoms with E-state index in [1.807, 2.05) is 23.1 Å². The molecule has 1 aromatic carbocycles. The van der Waals surface area contributed by atoms with Gasteiger partial charge in [0.2, 0.25) is 0 Å². The third kappa shape index (κ3) is 2.65. The van der Waals surface area contributed by atoms with E-state index in [0.717, 1.165) is 0 Å². The minimum atomic E-state index is -0.307. The zero-order valence-corrected chi connectivity index (χ0v) is 11.8. The van der Waals surface area contributed by atoms with Crippen LogP contribution in [-0.4, -0.2) is 36.1 Å². The molecule has 1 saturated heterocycles. The van der Waals surface area contributed by atoms with Crippen molar-refractivity contribution in [3.05, 3.63) is 57.3 Å². The number of ether oxygens (including phenoxy) is 1. The molecule has 1 aliphatic rings. The molecule has 8 nitrogen and oxygen atoms in total. The van der Waals surface area contributed by atoms with Crippen LogP contribution >= 0.6 is 0 Å². The van der Waals surface area contributed by atoms with E-state index in [1.165, 1.54) is 10.9 Å². The van der Waals surface area contributed by atoms with Gasteiger partial charge in [0.1, 0.15) is 5.69 Å². The molecule has 0 aliphatic carbocycles. The van der Waals surface area contributed by atoms with Crippen molar-refractivity contribution in [1.82, 2.24) is 9.78 Å². The van der Waals surface area contributed by atoms with Crippen molar-refractivity contribution >= 4 is 11.4 Å². The topological polar surface area (TPSA) is 96.1 Å². The van der Waals surface area contributed by atoms with Crippen molar-refractivity contribution in [1.29, 1.82) is 0 Å². The fourth-order valence-electron chi connectivity index (χ4n) is 2.39. The van der Waals surface area contributed by atoms with Crippen molar-refractivity contribution < 1.29 is 4.74 Å². The van der Waals surface area contributed by atoms with Crippen LogP contribution in [0.5, 0.6) is 0 Å². The molecule has 0 saturated carbocycles. The summed E-state index contributed by atoms with van der Waals surface area (Å²) < 4.78 is 6.61. The largest absolute Gasteiger partial charge is 0.378 e. The van der Waals surface area contributed by atoms with Crippen LogP contribution in [0.25, 0.3) is 16.1 Å². The van der Waals surface area contributed by atoms with E-state index in [0.29, 0.717) is 37.7 Å². The van der Waals surface area contributed by atoms with Gasteiger partial charge < -0.3 is 9.64 Å². The Morgan fingerprint density at radius 3 is 2.64 bits per heavy atom. The van der Waals surface area contributed by atoms with Gasteiger partial charge in [-0.15, -0.1) is 0 Å². The predicted octanol–water partition coefficient (Wildman–Crippen LogP) is 2.01. The Morgan fingerprint density at radius 1 is 1.23 bits per heavy atom. The molecule has 0 radical (unpaired) electrons. The molecule has 2 aromatic rings. The third-order valence-corrected chi connectivity index (χ3v) is 3.41. The molecule has 2 heterocycles. The normalized spacial score (nSPS) is 14.5. The number of aromatic nitrogens is 2. The highest BCUT2D eigenvalue weighted by molar-refractivity contribution is 5.65. The molecule has 112 valence electrons. The minimum absolute atomic E-state index is 0.238. The van der Waals surface area contributed by atoms with Crippen molar-refractivity contribution in [3.8, 4) is 5.69 Å². The quantitative estimate of drug-likeness (QED) is 0.492. The van der Waals surface area contributed by atoms with Gasteiger partial charge in [-0.2, -0.15) is 9.78 Å². The summed E-state index contributed by atoms with van der Waals surface area (Å²) in [6.45, 7) is 2.20. The number of morpholine rings is 1. The van der Waals surface area contributed by atoms with Crippen LogP contribution in [0.3, 0.4) is 0 Å². The summed E-state index contributed by atoms with van der Waals surface area (Å²) in [5.41, 5.74) is 9.65. The molecule has 0 bridgehead atoms. The molecule has 0 amide bonds. The Hall–Kier alpha value is -2.83. The lowest BCUT2D eigenvalue weighted by Crippen LogP contribution is -2.40. The molecule has 1 fully saturated rings. The first-order valence-electron chi connectivity index (χ1n) is 6.87. The van der Waals surface area contributed by atoms with Crippen LogP contribution in [-0.2, 0) is 4.74 Å². The van der Waals surface area contributed by atoms with Gasteiger partial charge in [-0.05, 0) is 17.7 Å². The SMILES string of the molecule is [N-]=[N+]=Nc1cnn(-c2ccccc2)c(=O)c1N1CCOCC1. The second kappa shape index (κ2) is 6.30. The average molecular weight is 298 g/mol. The van der Waals surface area contributed by atoms with Crippen molar-refractivity contribution in [3.63, 3.8) is 0 Å². The van der Waals surface area contributed by atoms with Crippen LogP contribution in [0.1, 0.15) is 0 Å². The number of rotatable bonds is 3. The van der Waals surface area contributed by atoms with Gasteiger partial charge >= 0.3 is 0 Å². The number of azide groups is 1. The summed E-state index contributed by atoms with van der Waals surface area (Å²) in [6, 6.07) is 9.12. The molecule has 0 unspecified atom stereocenters. The Balaban J connectivity index is 2.15. The van der Waals surface area contributed by atoms with Crippen LogP contribution in [0.15, 0.2) is 46.4 Å². The maximum absolute atomic E-state index is 12.8. The monoisotopic (exact) mass is 298 g/mol. The molecular formula is C14H14N6O2. The fraction of sp³-hybridized carbons (Fsp3) is 0.286. The zero-order valence-electron chi connectivity index (χ0n) is 11.8. The van der Waals surface area contributed by atoms with Gasteiger partial charge in [0.15, 0.2) is 0 Å². The van der Waals surface area contributed by atoms with E-state index in [2.05, 4.69) is 15.1 Å². The maximum atomic E-state index is 12.8. The first-order valence-corrected chi connectivity index (χ1v) is 6.87. The fourth-order valence-corrected chi connectivity index (χ4v) is 2.39. The minimum Gasteiger partial charge on any atom is -0.378 e. The zero-order chi connectivity index (χ0) is 15.4. The number of para-hydroxylation sites is 1. The van der Waals surface area contributed by atoms with E-state index in [4.69, 9.17) is 10.3 Å². The molecule has 0 N–H and O–H groups in total. The number of hydrogen-bond donors (Lipinski definition) is 0. The van der Waals surface area contributed by atoms with E-state index < -0.39 is 0 Å². The summed E-state index contributed by atoms with van der Waals surface area (Å²) in [5, 5.41) is 7.70. The van der Waals surface area contributed by atoms with Crippen LogP contribution < -0.4 is 10.5 Å². The Morgan fingerprint density at radius 2 is 1.95 bits per heavy atom. The van der Waals surface area contributed by atoms with Crippen LogP contribution in [0.2, 0.25) is 0 Å². The molecule has 0 atom stereocenters. The summed E-state index contributed by atoms with van der Waals surface area (Å²) >= 11 is 0. The lowest BCUT2D eigenvalue weighted by molar-refractivity contribution is 0.122. The van der Waals surface area contributed by atoms with Crippen LogP contribution in [0, 0.1) is 0 Å². The van der Waals surface area contributed by atoms with Gasteiger partial charge in [0.25, 0.3) is 5.56 Å². The molecule has 3 rings (SSSR count). The van der Waals surface area contributed by atoms with Crippen molar-refractivity contribution in [2.45, 2.75) is 0 Å².